The summed E-state index contributed by atoms with van der Waals surface area (Å²) >= 11 is 0. The molecule has 0 atom stereocenters. The molecule has 0 spiro atoms. The van der Waals surface area contributed by atoms with Gasteiger partial charge in [-0.25, -0.2) is 9.97 Å². The van der Waals surface area contributed by atoms with Gasteiger partial charge in [-0.3, -0.25) is 10.1 Å². The second kappa shape index (κ2) is 6.46. The van der Waals surface area contributed by atoms with Crippen molar-refractivity contribution >= 4 is 11.4 Å². The van der Waals surface area contributed by atoms with Crippen LogP contribution in [0.2, 0.25) is 0 Å². The van der Waals surface area contributed by atoms with Crippen LogP contribution in [0.4, 0.5) is 11.4 Å². The number of ether oxygens (including phenoxy) is 1. The van der Waals surface area contributed by atoms with Gasteiger partial charge in [-0.2, -0.15) is 0 Å². The van der Waals surface area contributed by atoms with Gasteiger partial charge in [-0.05, 0) is 19.1 Å². The molecule has 7 heteroatoms. The molecule has 0 aliphatic heterocycles. The molecule has 2 rings (SSSR count). The van der Waals surface area contributed by atoms with Crippen molar-refractivity contribution in [2.75, 3.05) is 11.9 Å². The first-order valence-electron chi connectivity index (χ1n) is 6.09. The highest BCUT2D eigenvalue weighted by Gasteiger charge is 2.15. The SMILES string of the molecule is CCOc1ccc(NCc2cncnc2)c([N+](=O)[O-])c1. The second-order valence-corrected chi connectivity index (χ2v) is 3.97. The third-order valence-corrected chi connectivity index (χ3v) is 2.57. The van der Waals surface area contributed by atoms with Crippen LogP contribution in [0.25, 0.3) is 0 Å². The topological polar surface area (TPSA) is 90.2 Å². The summed E-state index contributed by atoms with van der Waals surface area (Å²) in [5, 5.41) is 14.1. The molecule has 0 fully saturated rings. The summed E-state index contributed by atoms with van der Waals surface area (Å²) in [6, 6.07) is 4.74. The monoisotopic (exact) mass is 274 g/mol. The Morgan fingerprint density at radius 3 is 2.75 bits per heavy atom. The third kappa shape index (κ3) is 3.41. The Balaban J connectivity index is 2.16. The Labute approximate surface area is 115 Å². The van der Waals surface area contributed by atoms with E-state index in [0.29, 0.717) is 24.6 Å². The van der Waals surface area contributed by atoms with Gasteiger partial charge < -0.3 is 10.1 Å². The number of anilines is 1. The fourth-order valence-electron chi connectivity index (χ4n) is 1.69. The molecular weight excluding hydrogens is 260 g/mol. The standard InChI is InChI=1S/C13H14N4O3/c1-2-20-11-3-4-12(13(5-11)17(18)19)16-8-10-6-14-9-15-7-10/h3-7,9,16H,2,8H2,1H3. The van der Waals surface area contributed by atoms with Crippen LogP contribution in [0.5, 0.6) is 5.75 Å². The number of benzene rings is 1. The average Bonchev–Trinajstić information content (AvgIpc) is 2.47. The minimum Gasteiger partial charge on any atom is -0.494 e. The maximum absolute atomic E-state index is 11.1. The van der Waals surface area contributed by atoms with Crippen molar-refractivity contribution in [3.8, 4) is 5.75 Å². The van der Waals surface area contributed by atoms with Gasteiger partial charge in [0, 0.05) is 24.5 Å². The number of nitro groups is 1. The Hall–Kier alpha value is -2.70. The maximum Gasteiger partial charge on any atom is 0.296 e. The van der Waals surface area contributed by atoms with E-state index >= 15 is 0 Å². The van der Waals surface area contributed by atoms with E-state index in [-0.39, 0.29) is 5.69 Å². The number of hydrogen-bond donors (Lipinski definition) is 1. The lowest BCUT2D eigenvalue weighted by molar-refractivity contribution is -0.384. The van der Waals surface area contributed by atoms with E-state index in [1.54, 1.807) is 24.5 Å². The summed E-state index contributed by atoms with van der Waals surface area (Å²) in [6.45, 7) is 2.70. The van der Waals surface area contributed by atoms with E-state index in [2.05, 4.69) is 15.3 Å². The van der Waals surface area contributed by atoms with Gasteiger partial charge in [0.25, 0.3) is 5.69 Å². The molecule has 1 aromatic heterocycles. The van der Waals surface area contributed by atoms with Crippen LogP contribution in [0.15, 0.2) is 36.9 Å². The molecule has 0 radical (unpaired) electrons. The number of hydrogen-bond acceptors (Lipinski definition) is 6. The molecule has 7 nitrogen and oxygen atoms in total. The highest BCUT2D eigenvalue weighted by atomic mass is 16.6. The fourth-order valence-corrected chi connectivity index (χ4v) is 1.69. The summed E-state index contributed by atoms with van der Waals surface area (Å²) in [7, 11) is 0. The van der Waals surface area contributed by atoms with Crippen LogP contribution >= 0.6 is 0 Å². The molecule has 0 saturated carbocycles. The molecule has 1 N–H and O–H groups in total. The molecule has 0 aliphatic rings. The molecule has 20 heavy (non-hydrogen) atoms. The van der Waals surface area contributed by atoms with E-state index in [4.69, 9.17) is 4.74 Å². The van der Waals surface area contributed by atoms with Crippen LogP contribution in [-0.4, -0.2) is 21.5 Å². The van der Waals surface area contributed by atoms with Crippen LogP contribution < -0.4 is 10.1 Å². The zero-order valence-corrected chi connectivity index (χ0v) is 10.9. The molecule has 0 saturated heterocycles. The smallest absolute Gasteiger partial charge is 0.296 e. The van der Waals surface area contributed by atoms with E-state index < -0.39 is 4.92 Å². The van der Waals surface area contributed by atoms with E-state index in [0.717, 1.165) is 5.56 Å². The van der Waals surface area contributed by atoms with Crippen molar-refractivity contribution in [2.24, 2.45) is 0 Å². The molecule has 1 heterocycles. The van der Waals surface area contributed by atoms with Crippen LogP contribution in [-0.2, 0) is 6.54 Å². The van der Waals surface area contributed by atoms with Crippen molar-refractivity contribution in [3.63, 3.8) is 0 Å². The predicted octanol–water partition coefficient (Wildman–Crippen LogP) is 2.40. The maximum atomic E-state index is 11.1. The third-order valence-electron chi connectivity index (χ3n) is 2.57. The molecule has 2 aromatic rings. The first kappa shape index (κ1) is 13.7. The largest absolute Gasteiger partial charge is 0.494 e. The molecule has 1 aromatic carbocycles. The predicted molar refractivity (Wildman–Crippen MR) is 73.6 cm³/mol. The number of nitrogens with one attached hydrogen (secondary N) is 1. The first-order valence-corrected chi connectivity index (χ1v) is 6.09. The minimum atomic E-state index is -0.438. The van der Waals surface area contributed by atoms with Crippen molar-refractivity contribution < 1.29 is 9.66 Å². The van der Waals surface area contributed by atoms with Gasteiger partial charge in [0.2, 0.25) is 0 Å². The molecule has 0 aliphatic carbocycles. The summed E-state index contributed by atoms with van der Waals surface area (Å²) in [5.74, 6) is 0.479. The van der Waals surface area contributed by atoms with Gasteiger partial charge in [-0.15, -0.1) is 0 Å². The van der Waals surface area contributed by atoms with Crippen LogP contribution in [0.1, 0.15) is 12.5 Å². The highest BCUT2D eigenvalue weighted by Crippen LogP contribution is 2.29. The quantitative estimate of drug-likeness (QED) is 0.642. The Morgan fingerprint density at radius 2 is 2.10 bits per heavy atom. The molecule has 0 bridgehead atoms. The lowest BCUT2D eigenvalue weighted by Gasteiger charge is -2.08. The molecule has 104 valence electrons. The van der Waals surface area contributed by atoms with E-state index in [1.807, 2.05) is 6.92 Å². The van der Waals surface area contributed by atoms with Gasteiger partial charge in [0.05, 0.1) is 17.6 Å². The van der Waals surface area contributed by atoms with Crippen LogP contribution in [0.3, 0.4) is 0 Å². The molecule has 0 amide bonds. The normalized spacial score (nSPS) is 10.1. The number of rotatable bonds is 6. The van der Waals surface area contributed by atoms with Crippen molar-refractivity contribution in [1.82, 2.24) is 9.97 Å². The lowest BCUT2D eigenvalue weighted by Crippen LogP contribution is -2.04. The summed E-state index contributed by atoms with van der Waals surface area (Å²) in [6.07, 6.45) is 4.74. The van der Waals surface area contributed by atoms with Crippen LogP contribution in [0, 0.1) is 10.1 Å². The van der Waals surface area contributed by atoms with Crippen molar-refractivity contribution in [1.29, 1.82) is 0 Å². The lowest BCUT2D eigenvalue weighted by atomic mass is 10.2. The van der Waals surface area contributed by atoms with E-state index in [1.165, 1.54) is 12.4 Å². The van der Waals surface area contributed by atoms with Gasteiger partial charge >= 0.3 is 0 Å². The zero-order valence-electron chi connectivity index (χ0n) is 10.9. The fraction of sp³-hybridized carbons (Fsp3) is 0.231. The minimum absolute atomic E-state index is 0.0206. The van der Waals surface area contributed by atoms with Crippen molar-refractivity contribution in [3.05, 3.63) is 52.6 Å². The van der Waals surface area contributed by atoms with E-state index in [9.17, 15) is 10.1 Å². The zero-order chi connectivity index (χ0) is 14.4. The Bertz CT molecular complexity index is 589. The van der Waals surface area contributed by atoms with Gasteiger partial charge in [0.1, 0.15) is 17.8 Å². The average molecular weight is 274 g/mol. The summed E-state index contributed by atoms with van der Waals surface area (Å²) < 4.78 is 5.26. The summed E-state index contributed by atoms with van der Waals surface area (Å²) in [4.78, 5) is 18.4. The number of aromatic nitrogens is 2. The Morgan fingerprint density at radius 1 is 1.35 bits per heavy atom. The van der Waals surface area contributed by atoms with Gasteiger partial charge in [-0.1, -0.05) is 0 Å². The Kier molecular flexibility index (Phi) is 4.43. The second-order valence-electron chi connectivity index (χ2n) is 3.97. The summed E-state index contributed by atoms with van der Waals surface area (Å²) in [5.41, 5.74) is 1.26. The number of nitrogens with zero attached hydrogens (tertiary/aromatic N) is 3. The molecular formula is C13H14N4O3. The van der Waals surface area contributed by atoms with Gasteiger partial charge in [0.15, 0.2) is 0 Å². The van der Waals surface area contributed by atoms with Crippen molar-refractivity contribution in [2.45, 2.75) is 13.5 Å². The molecule has 0 unspecified atom stereocenters. The number of nitro benzene ring substituents is 1. The first-order chi connectivity index (χ1) is 9.70. The highest BCUT2D eigenvalue weighted by molar-refractivity contribution is 5.63.